The van der Waals surface area contributed by atoms with Crippen LogP contribution < -0.4 is 0 Å². The van der Waals surface area contributed by atoms with E-state index in [1.165, 1.54) is 116 Å². The molecule has 0 rings (SSSR count). The minimum atomic E-state index is -0.791. The summed E-state index contributed by atoms with van der Waals surface area (Å²) in [7, 11) is 0. The van der Waals surface area contributed by atoms with Gasteiger partial charge in [0, 0.05) is 19.3 Å². The Hall–Kier alpha value is -3.15. The van der Waals surface area contributed by atoms with Crippen LogP contribution in [0.2, 0.25) is 0 Å². The number of carbonyl (C=O) groups excluding carboxylic acids is 3. The molecule has 0 aromatic heterocycles. The molecule has 0 aliphatic rings. The van der Waals surface area contributed by atoms with Crippen LogP contribution >= 0.6 is 0 Å². The number of hydrogen-bond donors (Lipinski definition) is 0. The zero-order valence-electron chi connectivity index (χ0n) is 42.7. The van der Waals surface area contributed by atoms with Gasteiger partial charge in [-0.25, -0.2) is 0 Å². The normalized spacial score (nSPS) is 12.6. The molecule has 1 atom stereocenters. The predicted molar refractivity (Wildman–Crippen MR) is 279 cm³/mol. The highest BCUT2D eigenvalue weighted by Gasteiger charge is 2.19. The first-order valence-corrected chi connectivity index (χ1v) is 27.4. The molecule has 0 aromatic carbocycles. The van der Waals surface area contributed by atoms with Gasteiger partial charge in [-0.15, -0.1) is 0 Å². The van der Waals surface area contributed by atoms with E-state index in [0.29, 0.717) is 19.3 Å². The van der Waals surface area contributed by atoms with Gasteiger partial charge in [-0.3, -0.25) is 14.4 Å². The summed E-state index contributed by atoms with van der Waals surface area (Å²) in [6.45, 7) is 6.54. The van der Waals surface area contributed by atoms with Gasteiger partial charge in [0.1, 0.15) is 13.2 Å². The standard InChI is InChI=1S/C59H102O6/c1-4-7-10-13-16-19-22-25-28-29-30-31-32-35-37-40-43-46-49-52-58(61)64-55-56(65-59(62)53-50-47-44-41-38-34-27-24-21-18-15-12-9-6-3)54-63-57(60)51-48-45-42-39-36-33-26-23-20-17-14-11-8-5-2/h15-16,18-19,23-28,30-31,56H,4-14,17,20-22,29,32-55H2,1-3H3/b18-15-,19-16-,26-23-,27-24-,28-25-,31-30-/t56-/m1/s1. The van der Waals surface area contributed by atoms with E-state index >= 15 is 0 Å². The first-order valence-electron chi connectivity index (χ1n) is 27.4. The summed E-state index contributed by atoms with van der Waals surface area (Å²) in [5.74, 6) is -0.920. The van der Waals surface area contributed by atoms with Gasteiger partial charge in [0.25, 0.3) is 0 Å². The Morgan fingerprint density at radius 3 is 0.954 bits per heavy atom. The SMILES string of the molecule is CCCC/C=C\C/C=C\CCCCCCCC(=O)O[C@H](COC(=O)CCCCCCC/C=C\CCCCCCC)COC(=O)CCCCCCCC/C=C\C/C=C\C/C=C\CCCCC. The molecule has 6 nitrogen and oxygen atoms in total. The monoisotopic (exact) mass is 907 g/mol. The molecule has 0 aromatic rings. The van der Waals surface area contributed by atoms with Gasteiger partial charge in [-0.2, -0.15) is 0 Å². The maximum Gasteiger partial charge on any atom is 0.306 e. The van der Waals surface area contributed by atoms with Gasteiger partial charge in [-0.05, 0) is 109 Å². The summed E-state index contributed by atoms with van der Waals surface area (Å²) in [6, 6.07) is 0. The van der Waals surface area contributed by atoms with E-state index in [4.69, 9.17) is 14.2 Å². The van der Waals surface area contributed by atoms with Crippen LogP contribution in [0.4, 0.5) is 0 Å². The number of carbonyl (C=O) groups is 3. The molecule has 0 aliphatic heterocycles. The van der Waals surface area contributed by atoms with E-state index in [1.807, 2.05) is 0 Å². The van der Waals surface area contributed by atoms with E-state index < -0.39 is 6.10 Å². The summed E-state index contributed by atoms with van der Waals surface area (Å²) < 4.78 is 16.8. The van der Waals surface area contributed by atoms with Gasteiger partial charge < -0.3 is 14.2 Å². The molecule has 0 radical (unpaired) electrons. The van der Waals surface area contributed by atoms with Gasteiger partial charge >= 0.3 is 17.9 Å². The molecular formula is C59H102O6. The van der Waals surface area contributed by atoms with E-state index in [2.05, 4.69) is 93.7 Å². The highest BCUT2D eigenvalue weighted by atomic mass is 16.6. The van der Waals surface area contributed by atoms with Crippen molar-refractivity contribution in [2.75, 3.05) is 13.2 Å². The lowest BCUT2D eigenvalue weighted by Crippen LogP contribution is -2.30. The summed E-state index contributed by atoms with van der Waals surface area (Å²) in [5.41, 5.74) is 0. The van der Waals surface area contributed by atoms with Crippen molar-refractivity contribution in [2.24, 2.45) is 0 Å². The fraction of sp³-hybridized carbons (Fsp3) is 0.746. The highest BCUT2D eigenvalue weighted by Crippen LogP contribution is 2.14. The topological polar surface area (TPSA) is 78.9 Å². The largest absolute Gasteiger partial charge is 0.462 e. The summed E-state index contributed by atoms with van der Waals surface area (Å²) in [4.78, 5) is 38.1. The first kappa shape index (κ1) is 61.9. The average Bonchev–Trinajstić information content (AvgIpc) is 3.30. The van der Waals surface area contributed by atoms with Crippen LogP contribution in [0.1, 0.15) is 265 Å². The van der Waals surface area contributed by atoms with Gasteiger partial charge in [0.05, 0.1) is 0 Å². The maximum atomic E-state index is 12.8. The van der Waals surface area contributed by atoms with Crippen molar-refractivity contribution < 1.29 is 28.6 Å². The van der Waals surface area contributed by atoms with Gasteiger partial charge in [0.15, 0.2) is 6.10 Å². The Kier molecular flexibility index (Phi) is 50.9. The molecule has 0 aliphatic carbocycles. The molecule has 0 amide bonds. The van der Waals surface area contributed by atoms with Gasteiger partial charge in [0.2, 0.25) is 0 Å². The molecule has 0 saturated heterocycles. The van der Waals surface area contributed by atoms with Crippen LogP contribution in [-0.4, -0.2) is 37.2 Å². The van der Waals surface area contributed by atoms with Crippen molar-refractivity contribution in [2.45, 2.75) is 271 Å². The Bertz CT molecular complexity index is 1230. The van der Waals surface area contributed by atoms with Gasteiger partial charge in [-0.1, -0.05) is 209 Å². The molecule has 6 heteroatoms. The number of ether oxygens (including phenoxy) is 3. The second kappa shape index (κ2) is 53.5. The van der Waals surface area contributed by atoms with Crippen LogP contribution in [0.15, 0.2) is 72.9 Å². The number of hydrogen-bond acceptors (Lipinski definition) is 6. The molecule has 0 unspecified atom stereocenters. The molecule has 0 fully saturated rings. The second-order valence-electron chi connectivity index (χ2n) is 18.1. The number of rotatable bonds is 49. The smallest absolute Gasteiger partial charge is 0.306 e. The van der Waals surface area contributed by atoms with Crippen molar-refractivity contribution in [3.63, 3.8) is 0 Å². The zero-order chi connectivity index (χ0) is 47.2. The quantitative estimate of drug-likeness (QED) is 0.0262. The zero-order valence-corrected chi connectivity index (χ0v) is 42.7. The minimum absolute atomic E-state index is 0.0897. The third-order valence-corrected chi connectivity index (χ3v) is 11.7. The third kappa shape index (κ3) is 51.7. The molecule has 0 heterocycles. The summed E-state index contributed by atoms with van der Waals surface area (Å²) in [5, 5.41) is 0. The maximum absolute atomic E-state index is 12.8. The predicted octanol–water partition coefficient (Wildman–Crippen LogP) is 18.2. The van der Waals surface area contributed by atoms with Crippen LogP contribution in [-0.2, 0) is 28.6 Å². The Morgan fingerprint density at radius 1 is 0.308 bits per heavy atom. The highest BCUT2D eigenvalue weighted by molar-refractivity contribution is 5.71. The molecular weight excluding hydrogens is 805 g/mol. The molecule has 65 heavy (non-hydrogen) atoms. The lowest BCUT2D eigenvalue weighted by molar-refractivity contribution is -0.167. The van der Waals surface area contributed by atoms with Crippen LogP contribution in [0, 0.1) is 0 Å². The Balaban J connectivity index is 4.42. The first-order chi connectivity index (χ1) is 32.0. The third-order valence-electron chi connectivity index (χ3n) is 11.7. The molecule has 0 N–H and O–H groups in total. The van der Waals surface area contributed by atoms with E-state index in [0.717, 1.165) is 109 Å². The minimum Gasteiger partial charge on any atom is -0.462 e. The van der Waals surface area contributed by atoms with Crippen molar-refractivity contribution in [1.82, 2.24) is 0 Å². The van der Waals surface area contributed by atoms with Crippen molar-refractivity contribution in [3.8, 4) is 0 Å². The van der Waals surface area contributed by atoms with E-state index in [1.54, 1.807) is 0 Å². The van der Waals surface area contributed by atoms with Crippen LogP contribution in [0.3, 0.4) is 0 Å². The second-order valence-corrected chi connectivity index (χ2v) is 18.1. The van der Waals surface area contributed by atoms with E-state index in [-0.39, 0.29) is 31.1 Å². The Morgan fingerprint density at radius 2 is 0.569 bits per heavy atom. The Labute approximate surface area is 402 Å². The van der Waals surface area contributed by atoms with Crippen molar-refractivity contribution in [1.29, 1.82) is 0 Å². The molecule has 0 spiro atoms. The lowest BCUT2D eigenvalue weighted by Gasteiger charge is -2.18. The summed E-state index contributed by atoms with van der Waals surface area (Å²) >= 11 is 0. The van der Waals surface area contributed by atoms with E-state index in [9.17, 15) is 14.4 Å². The summed E-state index contributed by atoms with van der Waals surface area (Å²) in [6.07, 6.45) is 67.3. The van der Waals surface area contributed by atoms with Crippen molar-refractivity contribution in [3.05, 3.63) is 72.9 Å². The molecule has 0 bridgehead atoms. The van der Waals surface area contributed by atoms with Crippen molar-refractivity contribution >= 4 is 17.9 Å². The fourth-order valence-electron chi connectivity index (χ4n) is 7.46. The average molecular weight is 907 g/mol. The molecule has 374 valence electrons. The number of esters is 3. The molecule has 0 saturated carbocycles. The van der Waals surface area contributed by atoms with Crippen LogP contribution in [0.25, 0.3) is 0 Å². The number of allylic oxidation sites excluding steroid dienone is 12. The fourth-order valence-corrected chi connectivity index (χ4v) is 7.46. The number of unbranched alkanes of at least 4 members (excludes halogenated alkanes) is 26. The lowest BCUT2D eigenvalue weighted by atomic mass is 10.1. The van der Waals surface area contributed by atoms with Crippen LogP contribution in [0.5, 0.6) is 0 Å².